The van der Waals surface area contributed by atoms with Gasteiger partial charge in [0.2, 0.25) is 6.17 Å². The average molecular weight is 228 g/mol. The summed E-state index contributed by atoms with van der Waals surface area (Å²) in [6.45, 7) is 5.02. The van der Waals surface area contributed by atoms with Gasteiger partial charge in [-0.3, -0.25) is 8.97 Å². The lowest BCUT2D eigenvalue weighted by atomic mass is 10.1. The number of nitrogens with zero attached hydrogens (tertiary/aromatic N) is 2. The summed E-state index contributed by atoms with van der Waals surface area (Å²) in [5.74, 6) is 0. The fourth-order valence-electron chi connectivity index (χ4n) is 3.46. The van der Waals surface area contributed by atoms with Gasteiger partial charge in [0.15, 0.2) is 0 Å². The Kier molecular flexibility index (Phi) is 4.81. The first-order valence-electron chi connectivity index (χ1n) is 7.05. The Morgan fingerprint density at radius 3 is 1.81 bits per heavy atom. The Morgan fingerprint density at radius 2 is 1.38 bits per heavy atom. The third-order valence-electron chi connectivity index (χ3n) is 4.40. The van der Waals surface area contributed by atoms with Gasteiger partial charge in [-0.05, 0) is 6.42 Å². The van der Waals surface area contributed by atoms with Gasteiger partial charge >= 0.3 is 0 Å². The van der Waals surface area contributed by atoms with E-state index in [4.69, 9.17) is 0 Å². The van der Waals surface area contributed by atoms with Crippen molar-refractivity contribution in [2.75, 3.05) is 41.3 Å². The molecule has 0 saturated carbocycles. The van der Waals surface area contributed by atoms with Crippen molar-refractivity contribution in [1.82, 2.24) is 0 Å². The highest BCUT2D eigenvalue weighted by atomic mass is 15.5. The van der Waals surface area contributed by atoms with Crippen molar-refractivity contribution < 1.29 is 8.97 Å². The zero-order valence-corrected chi connectivity index (χ0v) is 12.1. The van der Waals surface area contributed by atoms with Crippen molar-refractivity contribution in [2.45, 2.75) is 51.6 Å². The molecule has 1 heterocycles. The van der Waals surface area contributed by atoms with Crippen LogP contribution < -0.4 is 0 Å². The first kappa shape index (κ1) is 14.0. The van der Waals surface area contributed by atoms with Gasteiger partial charge in [-0.1, -0.05) is 19.8 Å². The number of rotatable bonds is 4. The van der Waals surface area contributed by atoms with Gasteiger partial charge in [-0.25, -0.2) is 0 Å². The first-order chi connectivity index (χ1) is 7.40. The Bertz CT molecular complexity index is 191. The minimum atomic E-state index is 0.800. The van der Waals surface area contributed by atoms with Crippen LogP contribution in [0.5, 0.6) is 0 Å². The SMILES string of the molecule is CCCCCC1[N+](C)(C)CCCC[N+]1(C)C. The quantitative estimate of drug-likeness (QED) is 0.513. The summed E-state index contributed by atoms with van der Waals surface area (Å²) in [6.07, 6.45) is 9.15. The van der Waals surface area contributed by atoms with Crippen LogP contribution in [0, 0.1) is 0 Å². The van der Waals surface area contributed by atoms with Gasteiger partial charge in [-0.15, -0.1) is 0 Å². The molecule has 0 radical (unpaired) electrons. The molecular formula is C14H32N2+2. The van der Waals surface area contributed by atoms with E-state index in [9.17, 15) is 0 Å². The predicted molar refractivity (Wildman–Crippen MR) is 71.1 cm³/mol. The summed E-state index contributed by atoms with van der Waals surface area (Å²) in [7, 11) is 9.73. The summed E-state index contributed by atoms with van der Waals surface area (Å²) >= 11 is 0. The molecule has 0 N–H and O–H groups in total. The summed E-state index contributed by atoms with van der Waals surface area (Å²) in [5, 5.41) is 0. The van der Waals surface area contributed by atoms with Crippen molar-refractivity contribution in [3.63, 3.8) is 0 Å². The molecule has 0 amide bonds. The molecule has 0 unspecified atom stereocenters. The Hall–Kier alpha value is -0.0800. The zero-order valence-electron chi connectivity index (χ0n) is 12.1. The summed E-state index contributed by atoms with van der Waals surface area (Å²) in [4.78, 5) is 0. The lowest BCUT2D eigenvalue weighted by Crippen LogP contribution is -2.63. The highest BCUT2D eigenvalue weighted by molar-refractivity contribution is 4.55. The summed E-state index contributed by atoms with van der Waals surface area (Å²) in [6, 6.07) is 0. The number of hydrogen-bond donors (Lipinski definition) is 0. The molecule has 0 atom stereocenters. The molecule has 96 valence electrons. The third kappa shape index (κ3) is 3.46. The highest BCUT2D eigenvalue weighted by Gasteiger charge is 2.42. The van der Waals surface area contributed by atoms with Gasteiger partial charge in [0.1, 0.15) is 0 Å². The molecule has 0 aromatic carbocycles. The summed E-state index contributed by atoms with van der Waals surface area (Å²) in [5.41, 5.74) is 0. The molecule has 1 saturated heterocycles. The van der Waals surface area contributed by atoms with E-state index in [1.807, 2.05) is 0 Å². The second-order valence-electron chi connectivity index (χ2n) is 6.69. The fraction of sp³-hybridized carbons (Fsp3) is 1.00. The van der Waals surface area contributed by atoms with Crippen LogP contribution in [0.15, 0.2) is 0 Å². The van der Waals surface area contributed by atoms with E-state index < -0.39 is 0 Å². The number of unbranched alkanes of at least 4 members (excludes halogenated alkanes) is 2. The maximum absolute atomic E-state index is 2.43. The van der Waals surface area contributed by atoms with E-state index in [-0.39, 0.29) is 0 Å². The Morgan fingerprint density at radius 1 is 0.875 bits per heavy atom. The largest absolute Gasteiger partial charge is 0.280 e. The monoisotopic (exact) mass is 228 g/mol. The Balaban J connectivity index is 2.69. The molecule has 1 fully saturated rings. The van der Waals surface area contributed by atoms with E-state index in [1.54, 1.807) is 0 Å². The van der Waals surface area contributed by atoms with Gasteiger partial charge in [0, 0.05) is 12.8 Å². The van der Waals surface area contributed by atoms with Crippen molar-refractivity contribution in [1.29, 1.82) is 0 Å². The molecule has 0 aromatic rings. The smallest absolute Gasteiger partial charge is 0.215 e. The maximum Gasteiger partial charge on any atom is 0.215 e. The number of quaternary nitrogens is 2. The van der Waals surface area contributed by atoms with E-state index in [0.717, 1.165) is 6.17 Å². The molecule has 0 aromatic heterocycles. The van der Waals surface area contributed by atoms with Crippen LogP contribution in [-0.4, -0.2) is 56.4 Å². The van der Waals surface area contributed by atoms with E-state index in [1.165, 1.54) is 60.6 Å². The minimum absolute atomic E-state index is 0.800. The molecular weight excluding hydrogens is 196 g/mol. The fourth-order valence-corrected chi connectivity index (χ4v) is 3.46. The van der Waals surface area contributed by atoms with E-state index >= 15 is 0 Å². The Labute approximate surface area is 102 Å². The van der Waals surface area contributed by atoms with Gasteiger partial charge in [0.05, 0.1) is 47.7 Å². The van der Waals surface area contributed by atoms with Crippen LogP contribution >= 0.6 is 0 Å². The van der Waals surface area contributed by atoms with Gasteiger partial charge in [0.25, 0.3) is 0 Å². The van der Waals surface area contributed by atoms with Crippen LogP contribution in [0.4, 0.5) is 0 Å². The lowest BCUT2D eigenvalue weighted by Gasteiger charge is -2.45. The van der Waals surface area contributed by atoms with Crippen molar-refractivity contribution >= 4 is 0 Å². The van der Waals surface area contributed by atoms with Crippen molar-refractivity contribution in [3.8, 4) is 0 Å². The van der Waals surface area contributed by atoms with E-state index in [2.05, 4.69) is 35.1 Å². The molecule has 1 rings (SSSR count). The van der Waals surface area contributed by atoms with E-state index in [0.29, 0.717) is 0 Å². The van der Waals surface area contributed by atoms with Crippen LogP contribution in [0.3, 0.4) is 0 Å². The molecule has 2 heteroatoms. The van der Waals surface area contributed by atoms with Crippen LogP contribution in [0.25, 0.3) is 0 Å². The standard InChI is InChI=1S/C14H32N2/c1-6-7-8-11-14-15(2,3)12-9-10-13-16(14,4)5/h14H,6-13H2,1-5H3/q+2. The maximum atomic E-state index is 2.43. The van der Waals surface area contributed by atoms with Gasteiger partial charge < -0.3 is 0 Å². The second kappa shape index (κ2) is 5.50. The average Bonchev–Trinajstić information content (AvgIpc) is 2.27. The normalized spacial score (nSPS) is 25.3. The van der Waals surface area contributed by atoms with Crippen molar-refractivity contribution in [3.05, 3.63) is 0 Å². The molecule has 0 spiro atoms. The third-order valence-corrected chi connectivity index (χ3v) is 4.40. The predicted octanol–water partition coefficient (Wildman–Crippen LogP) is 2.84. The van der Waals surface area contributed by atoms with Gasteiger partial charge in [-0.2, -0.15) is 0 Å². The minimum Gasteiger partial charge on any atom is -0.280 e. The molecule has 16 heavy (non-hydrogen) atoms. The molecule has 2 nitrogen and oxygen atoms in total. The highest BCUT2D eigenvalue weighted by Crippen LogP contribution is 2.26. The second-order valence-corrected chi connectivity index (χ2v) is 6.69. The molecule has 0 aliphatic carbocycles. The number of hydrogen-bond acceptors (Lipinski definition) is 0. The van der Waals surface area contributed by atoms with Crippen LogP contribution in [-0.2, 0) is 0 Å². The first-order valence-corrected chi connectivity index (χ1v) is 7.05. The van der Waals surface area contributed by atoms with Crippen LogP contribution in [0.2, 0.25) is 0 Å². The lowest BCUT2D eigenvalue weighted by molar-refractivity contribution is -1.10. The topological polar surface area (TPSA) is 0 Å². The molecule has 1 aliphatic heterocycles. The summed E-state index contributed by atoms with van der Waals surface area (Å²) < 4.78 is 2.44. The van der Waals surface area contributed by atoms with Crippen molar-refractivity contribution in [2.24, 2.45) is 0 Å². The molecule has 0 bridgehead atoms. The zero-order chi connectivity index (χ0) is 12.2. The van der Waals surface area contributed by atoms with Crippen LogP contribution in [0.1, 0.15) is 45.4 Å². The molecule has 1 aliphatic rings.